The first kappa shape index (κ1) is 16.1. The van der Waals surface area contributed by atoms with Crippen LogP contribution in [0, 0.1) is 0 Å². The van der Waals surface area contributed by atoms with Gasteiger partial charge in [-0.25, -0.2) is 8.42 Å². The number of hydrogen-bond donors (Lipinski definition) is 1. The lowest BCUT2D eigenvalue weighted by Crippen LogP contribution is -2.14. The summed E-state index contributed by atoms with van der Waals surface area (Å²) in [4.78, 5) is 0.526. The fourth-order valence-electron chi connectivity index (χ4n) is 1.46. The highest BCUT2D eigenvalue weighted by Crippen LogP contribution is 2.12. The molecule has 19 heavy (non-hydrogen) atoms. The van der Waals surface area contributed by atoms with Crippen molar-refractivity contribution in [2.45, 2.75) is 24.7 Å². The van der Waals surface area contributed by atoms with Crippen LogP contribution in [0.3, 0.4) is 0 Å². The van der Waals surface area contributed by atoms with Crippen molar-refractivity contribution in [3.8, 4) is 0 Å². The second-order valence-electron chi connectivity index (χ2n) is 4.17. The first-order valence-corrected chi connectivity index (χ1v) is 8.24. The quantitative estimate of drug-likeness (QED) is 0.587. The topological polar surface area (TPSA) is 69.4 Å². The molecule has 0 aliphatic heterocycles. The molecule has 0 spiro atoms. The normalized spacial score (nSPS) is 11.4. The standard InChI is InChI=1S/C13H19NO3S2/c1-2-3-8-17-9-10-19(15,16)12-6-4-11(5-7-12)13(14)18/h4-7H,2-3,8-10H2,1H3,(H2,14,18). The molecule has 0 atom stereocenters. The van der Waals surface area contributed by atoms with Crippen LogP contribution in [0.5, 0.6) is 0 Å². The van der Waals surface area contributed by atoms with E-state index in [0.717, 1.165) is 12.8 Å². The van der Waals surface area contributed by atoms with Crippen LogP contribution in [0.15, 0.2) is 29.2 Å². The van der Waals surface area contributed by atoms with E-state index in [1.54, 1.807) is 12.1 Å². The SMILES string of the molecule is CCCCOCCS(=O)(=O)c1ccc(C(N)=S)cc1. The van der Waals surface area contributed by atoms with Crippen LogP contribution in [0.1, 0.15) is 25.3 Å². The summed E-state index contributed by atoms with van der Waals surface area (Å²) in [6, 6.07) is 6.28. The van der Waals surface area contributed by atoms with Gasteiger partial charge in [-0.3, -0.25) is 0 Å². The zero-order valence-corrected chi connectivity index (χ0v) is 12.6. The third kappa shape index (κ3) is 5.26. The minimum atomic E-state index is -3.30. The highest BCUT2D eigenvalue weighted by atomic mass is 32.2. The summed E-state index contributed by atoms with van der Waals surface area (Å²) in [6.07, 6.45) is 1.98. The van der Waals surface area contributed by atoms with Gasteiger partial charge in [0, 0.05) is 12.2 Å². The molecule has 4 nitrogen and oxygen atoms in total. The van der Waals surface area contributed by atoms with Crippen LogP contribution in [0.25, 0.3) is 0 Å². The number of sulfone groups is 1. The van der Waals surface area contributed by atoms with Crippen LogP contribution < -0.4 is 5.73 Å². The number of unbranched alkanes of at least 4 members (excludes halogenated alkanes) is 1. The Hall–Kier alpha value is -0.980. The molecular weight excluding hydrogens is 282 g/mol. The van der Waals surface area contributed by atoms with Crippen molar-refractivity contribution in [2.24, 2.45) is 5.73 Å². The van der Waals surface area contributed by atoms with Gasteiger partial charge in [0.25, 0.3) is 0 Å². The van der Waals surface area contributed by atoms with E-state index in [4.69, 9.17) is 22.7 Å². The van der Waals surface area contributed by atoms with Gasteiger partial charge in [-0.2, -0.15) is 0 Å². The summed E-state index contributed by atoms with van der Waals surface area (Å²) in [6.45, 7) is 2.88. The maximum Gasteiger partial charge on any atom is 0.180 e. The Balaban J connectivity index is 2.59. The highest BCUT2D eigenvalue weighted by Gasteiger charge is 2.14. The van der Waals surface area contributed by atoms with Gasteiger partial charge in [-0.15, -0.1) is 0 Å². The molecule has 0 amide bonds. The maximum absolute atomic E-state index is 12.0. The van der Waals surface area contributed by atoms with Crippen molar-refractivity contribution in [3.05, 3.63) is 29.8 Å². The summed E-state index contributed by atoms with van der Waals surface area (Å²) in [7, 11) is -3.30. The number of thiocarbonyl (C=S) groups is 1. The third-order valence-corrected chi connectivity index (χ3v) is 4.57. The van der Waals surface area contributed by atoms with Crippen molar-refractivity contribution in [1.82, 2.24) is 0 Å². The number of nitrogens with two attached hydrogens (primary N) is 1. The van der Waals surface area contributed by atoms with E-state index in [1.807, 2.05) is 0 Å². The molecule has 1 aromatic carbocycles. The summed E-state index contributed by atoms with van der Waals surface area (Å²) in [5.74, 6) is -0.0108. The molecule has 0 fully saturated rings. The smallest absolute Gasteiger partial charge is 0.180 e. The van der Waals surface area contributed by atoms with E-state index in [1.165, 1.54) is 12.1 Å². The molecule has 106 valence electrons. The Morgan fingerprint density at radius 3 is 2.42 bits per heavy atom. The molecule has 1 aromatic rings. The van der Waals surface area contributed by atoms with E-state index >= 15 is 0 Å². The maximum atomic E-state index is 12.0. The molecule has 0 aliphatic carbocycles. The average Bonchev–Trinajstić information content (AvgIpc) is 2.38. The predicted molar refractivity (Wildman–Crippen MR) is 80.1 cm³/mol. The minimum Gasteiger partial charge on any atom is -0.389 e. The molecule has 0 bridgehead atoms. The summed E-state index contributed by atoms with van der Waals surface area (Å²) < 4.78 is 29.3. The first-order valence-electron chi connectivity index (χ1n) is 6.17. The molecule has 0 saturated heterocycles. The zero-order valence-electron chi connectivity index (χ0n) is 11.0. The lowest BCUT2D eigenvalue weighted by molar-refractivity contribution is 0.146. The molecule has 0 heterocycles. The van der Waals surface area contributed by atoms with Gasteiger partial charge < -0.3 is 10.5 Å². The fourth-order valence-corrected chi connectivity index (χ4v) is 2.72. The summed E-state index contributed by atoms with van der Waals surface area (Å²) >= 11 is 4.82. The second kappa shape index (κ2) is 7.57. The number of ether oxygens (including phenoxy) is 1. The molecule has 0 radical (unpaired) electrons. The average molecular weight is 301 g/mol. The first-order chi connectivity index (χ1) is 8.97. The molecule has 0 aliphatic rings. The van der Waals surface area contributed by atoms with Crippen molar-refractivity contribution in [3.63, 3.8) is 0 Å². The van der Waals surface area contributed by atoms with Crippen LogP contribution in [-0.2, 0) is 14.6 Å². The minimum absolute atomic E-state index is 0.0108. The molecule has 0 saturated carbocycles. The number of hydrogen-bond acceptors (Lipinski definition) is 4. The van der Waals surface area contributed by atoms with E-state index < -0.39 is 9.84 Å². The lowest BCUT2D eigenvalue weighted by Gasteiger charge is -2.06. The van der Waals surface area contributed by atoms with Crippen LogP contribution >= 0.6 is 12.2 Å². The van der Waals surface area contributed by atoms with Crippen molar-refractivity contribution in [1.29, 1.82) is 0 Å². The Kier molecular flexibility index (Phi) is 6.41. The van der Waals surface area contributed by atoms with Crippen LogP contribution in [0.2, 0.25) is 0 Å². The largest absolute Gasteiger partial charge is 0.389 e. The van der Waals surface area contributed by atoms with Gasteiger partial charge in [0.05, 0.1) is 17.3 Å². The third-order valence-electron chi connectivity index (χ3n) is 2.64. The summed E-state index contributed by atoms with van der Waals surface area (Å²) in [5, 5.41) is 0. The van der Waals surface area contributed by atoms with Gasteiger partial charge >= 0.3 is 0 Å². The van der Waals surface area contributed by atoms with Crippen molar-refractivity contribution >= 4 is 27.0 Å². The van der Waals surface area contributed by atoms with Gasteiger partial charge in [-0.1, -0.05) is 37.7 Å². The molecule has 1 rings (SSSR count). The molecule has 0 aromatic heterocycles. The van der Waals surface area contributed by atoms with Gasteiger partial charge in [0.2, 0.25) is 0 Å². The fraction of sp³-hybridized carbons (Fsp3) is 0.462. The van der Waals surface area contributed by atoms with Crippen LogP contribution in [-0.4, -0.2) is 32.4 Å². The zero-order chi connectivity index (χ0) is 14.3. The highest BCUT2D eigenvalue weighted by molar-refractivity contribution is 7.91. The Bertz CT molecular complexity index is 509. The van der Waals surface area contributed by atoms with E-state index in [2.05, 4.69) is 6.92 Å². The molecule has 6 heteroatoms. The Morgan fingerprint density at radius 2 is 1.89 bits per heavy atom. The summed E-state index contributed by atoms with van der Waals surface area (Å²) in [5.41, 5.74) is 6.12. The van der Waals surface area contributed by atoms with E-state index in [-0.39, 0.29) is 22.2 Å². The Labute approximate surface area is 119 Å². The number of rotatable bonds is 8. The second-order valence-corrected chi connectivity index (χ2v) is 6.72. The van der Waals surface area contributed by atoms with E-state index in [0.29, 0.717) is 12.2 Å². The van der Waals surface area contributed by atoms with Gasteiger partial charge in [0.15, 0.2) is 9.84 Å². The van der Waals surface area contributed by atoms with Crippen molar-refractivity contribution < 1.29 is 13.2 Å². The predicted octanol–water partition coefficient (Wildman–Crippen LogP) is 1.91. The van der Waals surface area contributed by atoms with Gasteiger partial charge in [0.1, 0.15) is 4.99 Å². The van der Waals surface area contributed by atoms with E-state index in [9.17, 15) is 8.42 Å². The molecule has 0 unspecified atom stereocenters. The Morgan fingerprint density at radius 1 is 1.26 bits per heavy atom. The molecule has 2 N–H and O–H groups in total. The van der Waals surface area contributed by atoms with Gasteiger partial charge in [-0.05, 0) is 18.6 Å². The lowest BCUT2D eigenvalue weighted by atomic mass is 10.2. The molecular formula is C13H19NO3S2. The van der Waals surface area contributed by atoms with Crippen molar-refractivity contribution in [2.75, 3.05) is 19.0 Å². The number of benzene rings is 1. The monoisotopic (exact) mass is 301 g/mol. The van der Waals surface area contributed by atoms with Crippen LogP contribution in [0.4, 0.5) is 0 Å².